The van der Waals surface area contributed by atoms with Gasteiger partial charge >= 0.3 is 0 Å². The zero-order valence-electron chi connectivity index (χ0n) is 14.7. The topological polar surface area (TPSA) is 96.9 Å². The smallest absolute Gasteiger partial charge is 0.255 e. The maximum atomic E-state index is 12.1. The lowest BCUT2D eigenvalue weighted by Gasteiger charge is -2.07. The summed E-state index contributed by atoms with van der Waals surface area (Å²) < 4.78 is 32.0. The molecule has 0 fully saturated rings. The highest BCUT2D eigenvalue weighted by Gasteiger charge is 2.15. The summed E-state index contributed by atoms with van der Waals surface area (Å²) in [5, 5.41) is 4.26. The van der Waals surface area contributed by atoms with Crippen LogP contribution in [0, 0.1) is 0 Å². The Morgan fingerprint density at radius 1 is 1.19 bits per heavy atom. The van der Waals surface area contributed by atoms with Gasteiger partial charge in [-0.05, 0) is 42.8 Å². The van der Waals surface area contributed by atoms with Crippen LogP contribution in [0.25, 0.3) is 0 Å². The van der Waals surface area contributed by atoms with Gasteiger partial charge in [-0.15, -0.1) is 0 Å². The van der Waals surface area contributed by atoms with E-state index in [0.717, 1.165) is 6.42 Å². The van der Waals surface area contributed by atoms with Gasteiger partial charge in [0.25, 0.3) is 5.91 Å². The lowest BCUT2D eigenvalue weighted by Crippen LogP contribution is -2.34. The van der Waals surface area contributed by atoms with E-state index in [0.29, 0.717) is 22.9 Å². The van der Waals surface area contributed by atoms with Gasteiger partial charge in [-0.1, -0.05) is 30.7 Å². The summed E-state index contributed by atoms with van der Waals surface area (Å²) in [6, 6.07) is 12.9. The van der Waals surface area contributed by atoms with Crippen LogP contribution >= 0.6 is 11.6 Å². The first kappa shape index (κ1) is 20.9. The molecular weight excluding hydrogens is 390 g/mol. The molecule has 0 unspecified atom stereocenters. The Bertz CT molecular complexity index is 899. The van der Waals surface area contributed by atoms with Gasteiger partial charge in [0, 0.05) is 10.6 Å². The first-order chi connectivity index (χ1) is 12.9. The molecule has 1 amide bonds. The molecule has 0 spiro atoms. The number of carbonyl (C=O) groups is 1. The van der Waals surface area contributed by atoms with E-state index in [1.165, 1.54) is 30.5 Å². The van der Waals surface area contributed by atoms with Crippen LogP contribution in [0.15, 0.2) is 58.5 Å². The van der Waals surface area contributed by atoms with Crippen molar-refractivity contribution in [1.29, 1.82) is 0 Å². The van der Waals surface area contributed by atoms with Crippen molar-refractivity contribution in [1.82, 2.24) is 10.1 Å². The zero-order valence-corrected chi connectivity index (χ0v) is 16.3. The SMILES string of the molecule is CCCOc1ccccc1/C=N/NC(=O)CNS(=O)(=O)c1ccc(Cl)cc1. The largest absolute Gasteiger partial charge is 0.493 e. The zero-order chi connectivity index (χ0) is 19.7. The second-order valence-electron chi connectivity index (χ2n) is 5.46. The maximum Gasteiger partial charge on any atom is 0.255 e. The predicted molar refractivity (Wildman–Crippen MR) is 105 cm³/mol. The standard InChI is InChI=1S/C18H20ClN3O4S/c1-2-11-26-17-6-4-3-5-14(17)12-20-22-18(23)13-21-27(24,25)16-9-7-15(19)8-10-16/h3-10,12,21H,2,11,13H2,1H3,(H,22,23)/b20-12+. The van der Waals surface area contributed by atoms with Crippen molar-refractivity contribution in [3.63, 3.8) is 0 Å². The van der Waals surface area contributed by atoms with Crippen LogP contribution in [0.2, 0.25) is 5.02 Å². The minimum absolute atomic E-state index is 0.0187. The highest BCUT2D eigenvalue weighted by molar-refractivity contribution is 7.89. The average molecular weight is 410 g/mol. The number of hydrogen-bond acceptors (Lipinski definition) is 5. The summed E-state index contributed by atoms with van der Waals surface area (Å²) in [6.07, 6.45) is 2.31. The number of halogens is 1. The van der Waals surface area contributed by atoms with Crippen molar-refractivity contribution in [2.24, 2.45) is 5.10 Å². The first-order valence-electron chi connectivity index (χ1n) is 8.21. The number of ether oxygens (including phenoxy) is 1. The average Bonchev–Trinajstić information content (AvgIpc) is 2.66. The predicted octanol–water partition coefficient (Wildman–Crippen LogP) is 2.56. The molecule has 2 rings (SSSR count). The third kappa shape index (κ3) is 6.67. The Morgan fingerprint density at radius 3 is 2.59 bits per heavy atom. The number of hydrogen-bond donors (Lipinski definition) is 2. The van der Waals surface area contributed by atoms with Gasteiger partial charge in [-0.25, -0.2) is 18.6 Å². The van der Waals surface area contributed by atoms with E-state index < -0.39 is 22.5 Å². The van der Waals surface area contributed by atoms with Gasteiger partial charge in [0.1, 0.15) is 5.75 Å². The molecule has 2 aromatic carbocycles. The molecule has 0 saturated carbocycles. The number of nitrogens with zero attached hydrogens (tertiary/aromatic N) is 1. The van der Waals surface area contributed by atoms with Gasteiger partial charge in [0.15, 0.2) is 0 Å². The molecule has 2 N–H and O–H groups in total. The molecule has 0 aliphatic carbocycles. The number of benzene rings is 2. The lowest BCUT2D eigenvalue weighted by molar-refractivity contribution is -0.119. The van der Waals surface area contributed by atoms with E-state index in [1.54, 1.807) is 12.1 Å². The first-order valence-corrected chi connectivity index (χ1v) is 10.1. The van der Waals surface area contributed by atoms with Crippen LogP contribution in [-0.2, 0) is 14.8 Å². The summed E-state index contributed by atoms with van der Waals surface area (Å²) in [4.78, 5) is 11.8. The summed E-state index contributed by atoms with van der Waals surface area (Å²) in [5.41, 5.74) is 2.98. The monoisotopic (exact) mass is 409 g/mol. The quantitative estimate of drug-likeness (QED) is 0.491. The molecule has 2 aromatic rings. The summed E-state index contributed by atoms with van der Waals surface area (Å²) >= 11 is 5.73. The van der Waals surface area contributed by atoms with E-state index in [1.807, 2.05) is 19.1 Å². The molecular formula is C18H20ClN3O4S. The van der Waals surface area contributed by atoms with Crippen LogP contribution < -0.4 is 14.9 Å². The summed E-state index contributed by atoms with van der Waals surface area (Å²) in [5.74, 6) is 0.0523. The Kier molecular flexibility index (Phi) is 7.78. The molecule has 9 heteroatoms. The Balaban J connectivity index is 1.89. The van der Waals surface area contributed by atoms with E-state index in [-0.39, 0.29) is 4.90 Å². The molecule has 0 atom stereocenters. The number of carbonyl (C=O) groups excluding carboxylic acids is 1. The normalized spacial score (nSPS) is 11.5. The van der Waals surface area contributed by atoms with Crippen molar-refractivity contribution >= 4 is 33.7 Å². The van der Waals surface area contributed by atoms with Crippen molar-refractivity contribution in [2.45, 2.75) is 18.2 Å². The fourth-order valence-corrected chi connectivity index (χ4v) is 3.11. The fraction of sp³-hybridized carbons (Fsp3) is 0.222. The van der Waals surface area contributed by atoms with Gasteiger partial charge in [0.2, 0.25) is 10.0 Å². The molecule has 144 valence electrons. The van der Waals surface area contributed by atoms with Crippen molar-refractivity contribution in [2.75, 3.05) is 13.2 Å². The highest BCUT2D eigenvalue weighted by Crippen LogP contribution is 2.16. The number of para-hydroxylation sites is 1. The van der Waals surface area contributed by atoms with Crippen molar-refractivity contribution in [3.05, 3.63) is 59.1 Å². The summed E-state index contributed by atoms with van der Waals surface area (Å²) in [6.45, 7) is 2.13. The number of sulfonamides is 1. The van der Waals surface area contributed by atoms with Crippen molar-refractivity contribution in [3.8, 4) is 5.75 Å². The van der Waals surface area contributed by atoms with Crippen molar-refractivity contribution < 1.29 is 17.9 Å². The fourth-order valence-electron chi connectivity index (χ4n) is 2.00. The highest BCUT2D eigenvalue weighted by atomic mass is 35.5. The number of hydrazone groups is 1. The molecule has 0 aliphatic heterocycles. The third-order valence-corrected chi connectivity index (χ3v) is 4.99. The Morgan fingerprint density at radius 2 is 1.89 bits per heavy atom. The lowest BCUT2D eigenvalue weighted by atomic mass is 10.2. The molecule has 7 nitrogen and oxygen atoms in total. The molecule has 27 heavy (non-hydrogen) atoms. The van der Waals surface area contributed by atoms with Crippen LogP contribution in [-0.4, -0.2) is 33.7 Å². The minimum Gasteiger partial charge on any atom is -0.493 e. The summed E-state index contributed by atoms with van der Waals surface area (Å²) in [7, 11) is -3.81. The number of amides is 1. The minimum atomic E-state index is -3.81. The molecule has 0 saturated heterocycles. The molecule has 0 aromatic heterocycles. The number of nitrogens with one attached hydrogen (secondary N) is 2. The molecule has 0 aliphatic rings. The van der Waals surface area contributed by atoms with E-state index >= 15 is 0 Å². The molecule has 0 heterocycles. The second kappa shape index (κ2) is 10.1. The van der Waals surface area contributed by atoms with Crippen LogP contribution in [0.5, 0.6) is 5.75 Å². The van der Waals surface area contributed by atoms with E-state index in [9.17, 15) is 13.2 Å². The van der Waals surface area contributed by atoms with Gasteiger partial charge in [-0.3, -0.25) is 4.79 Å². The molecule has 0 radical (unpaired) electrons. The van der Waals surface area contributed by atoms with Crippen LogP contribution in [0.4, 0.5) is 0 Å². The second-order valence-corrected chi connectivity index (χ2v) is 7.66. The van der Waals surface area contributed by atoms with Crippen LogP contribution in [0.3, 0.4) is 0 Å². The van der Waals surface area contributed by atoms with E-state index in [2.05, 4.69) is 15.2 Å². The Hall–Kier alpha value is -2.42. The molecule has 0 bridgehead atoms. The van der Waals surface area contributed by atoms with Gasteiger partial charge in [-0.2, -0.15) is 5.10 Å². The van der Waals surface area contributed by atoms with E-state index in [4.69, 9.17) is 16.3 Å². The van der Waals surface area contributed by atoms with Gasteiger partial charge in [0.05, 0.1) is 24.3 Å². The Labute approximate surface area is 163 Å². The van der Waals surface area contributed by atoms with Crippen LogP contribution in [0.1, 0.15) is 18.9 Å². The third-order valence-electron chi connectivity index (χ3n) is 3.32. The number of rotatable bonds is 9. The van der Waals surface area contributed by atoms with Gasteiger partial charge < -0.3 is 4.74 Å². The maximum absolute atomic E-state index is 12.1.